The molecule has 0 radical (unpaired) electrons. The van der Waals surface area contributed by atoms with Crippen LogP contribution >= 0.6 is 11.6 Å². The molecule has 12 heteroatoms. The van der Waals surface area contributed by atoms with Crippen LogP contribution < -0.4 is 5.32 Å². The van der Waals surface area contributed by atoms with Gasteiger partial charge in [-0.25, -0.2) is 4.39 Å². The number of benzene rings is 1. The molecule has 2 aliphatic rings. The smallest absolute Gasteiger partial charge is 0.309 e. The predicted octanol–water partition coefficient (Wildman–Crippen LogP) is 5.35. The molecule has 0 saturated carbocycles. The van der Waals surface area contributed by atoms with Gasteiger partial charge in [0.15, 0.2) is 0 Å². The Morgan fingerprint density at radius 1 is 1.28 bits per heavy atom. The van der Waals surface area contributed by atoms with Crippen molar-refractivity contribution in [3.63, 3.8) is 0 Å². The van der Waals surface area contributed by atoms with Crippen LogP contribution in [0, 0.1) is 17.7 Å². The first-order valence-electron chi connectivity index (χ1n) is 17.3. The van der Waals surface area contributed by atoms with Gasteiger partial charge in [0.2, 0.25) is 0 Å². The van der Waals surface area contributed by atoms with E-state index in [2.05, 4.69) is 5.32 Å². The van der Waals surface area contributed by atoms with Crippen LogP contribution in [0.3, 0.4) is 0 Å². The van der Waals surface area contributed by atoms with Crippen molar-refractivity contribution in [3.05, 3.63) is 70.6 Å². The molecular formula is C38H55ClFNO9. The lowest BCUT2D eigenvalue weighted by Gasteiger charge is -2.32. The number of methoxy groups -OCH3 is 1. The molecule has 2 heterocycles. The number of esters is 2. The Balaban J connectivity index is 1.89. The summed E-state index contributed by atoms with van der Waals surface area (Å²) in [4.78, 5) is 24.7. The number of cyclic esters (lactones) is 1. The summed E-state index contributed by atoms with van der Waals surface area (Å²) in [6.45, 7) is 12.2. The van der Waals surface area contributed by atoms with E-state index in [-0.39, 0.29) is 55.1 Å². The van der Waals surface area contributed by atoms with Crippen molar-refractivity contribution in [2.75, 3.05) is 7.11 Å². The lowest BCUT2D eigenvalue weighted by atomic mass is 9.87. The first kappa shape index (κ1) is 41.8. The van der Waals surface area contributed by atoms with Gasteiger partial charge in [0, 0.05) is 43.0 Å². The Kier molecular flexibility index (Phi) is 15.2. The third-order valence-electron chi connectivity index (χ3n) is 9.72. The Labute approximate surface area is 300 Å². The van der Waals surface area contributed by atoms with E-state index in [0.29, 0.717) is 11.1 Å². The fourth-order valence-corrected chi connectivity index (χ4v) is 6.71. The van der Waals surface area contributed by atoms with Crippen LogP contribution in [-0.4, -0.2) is 88.2 Å². The van der Waals surface area contributed by atoms with Crippen molar-refractivity contribution in [2.45, 2.75) is 135 Å². The molecule has 0 aliphatic carbocycles. The van der Waals surface area contributed by atoms with E-state index in [1.165, 1.54) is 19.9 Å². The monoisotopic (exact) mass is 723 g/mol. The van der Waals surface area contributed by atoms with Crippen molar-refractivity contribution in [2.24, 2.45) is 11.8 Å². The highest BCUT2D eigenvalue weighted by molar-refractivity contribution is 6.30. The number of nitrogens with one attached hydrogen (secondary N) is 1. The van der Waals surface area contributed by atoms with Crippen LogP contribution in [0.5, 0.6) is 0 Å². The van der Waals surface area contributed by atoms with E-state index in [4.69, 9.17) is 30.5 Å². The summed E-state index contributed by atoms with van der Waals surface area (Å²) >= 11 is 5.95. The van der Waals surface area contributed by atoms with E-state index in [9.17, 15) is 29.3 Å². The molecule has 1 fully saturated rings. The Hall–Kier alpha value is -2.64. The van der Waals surface area contributed by atoms with Gasteiger partial charge in [-0.1, -0.05) is 62.7 Å². The summed E-state index contributed by atoms with van der Waals surface area (Å²) in [6.07, 6.45) is 5.56. The summed E-state index contributed by atoms with van der Waals surface area (Å²) in [5.74, 6) is -2.01. The Morgan fingerprint density at radius 2 is 1.98 bits per heavy atom. The molecule has 8 unspecified atom stereocenters. The molecule has 11 atom stereocenters. The molecule has 0 amide bonds. The van der Waals surface area contributed by atoms with Crippen LogP contribution in [0.25, 0.3) is 0 Å². The highest BCUT2D eigenvalue weighted by Crippen LogP contribution is 2.39. The lowest BCUT2D eigenvalue weighted by molar-refractivity contribution is -0.157. The molecule has 280 valence electrons. The van der Waals surface area contributed by atoms with Crippen LogP contribution in [0.2, 0.25) is 5.02 Å². The minimum Gasteiger partial charge on any atom is -0.457 e. The second kappa shape index (κ2) is 18.2. The average Bonchev–Trinajstić information content (AvgIpc) is 3.82. The molecule has 1 aromatic rings. The third kappa shape index (κ3) is 11.7. The van der Waals surface area contributed by atoms with Gasteiger partial charge in [-0.05, 0) is 63.8 Å². The Bertz CT molecular complexity index is 1390. The lowest BCUT2D eigenvalue weighted by Crippen LogP contribution is -2.52. The van der Waals surface area contributed by atoms with Crippen molar-refractivity contribution < 1.29 is 48.2 Å². The topological polar surface area (TPSA) is 147 Å². The number of carbonyl (C=O) groups excluding carboxylic acids is 2. The molecule has 2 aliphatic heterocycles. The standard InChI is InChI=1S/C38H55ClFNO9/c1-9-30(47-8)24(4)34-35(50-34)36(41-21-26-13-14-27(39)19-29(26)40)38(7,46)17-10-11-22(2)33-23(3)12-15-31(48-25(5)42)37(6,45)18-16-28(43)20-32(44)49-33/h10-15,17,19,23-24,28,30-31,33-36,41,43,45-46H,9,16,18,20-21H2,1-8H3/b15-12+,17-10+,22-11+/t23?,24?,28?,30-,31-,33+,34?,35?,36?,37?,38?/m0/s1. The molecule has 4 N–H and O–H groups in total. The van der Waals surface area contributed by atoms with Gasteiger partial charge in [-0.2, -0.15) is 0 Å². The maximum atomic E-state index is 14.7. The van der Waals surface area contributed by atoms with Crippen molar-refractivity contribution >= 4 is 23.5 Å². The summed E-state index contributed by atoms with van der Waals surface area (Å²) in [7, 11) is 1.66. The second-order valence-corrected chi connectivity index (χ2v) is 14.6. The SMILES string of the molecule is CC[C@H](OC)C(C)C1OC1C(NCc1ccc(Cl)cc1F)C(C)(O)/C=C/C=C(\C)[C@H]1OC(=O)CC(O)CCC(C)(O)[C@@H](OC(C)=O)/C=C/C1C. The van der Waals surface area contributed by atoms with Crippen LogP contribution in [-0.2, 0) is 35.1 Å². The van der Waals surface area contributed by atoms with Gasteiger partial charge in [0.1, 0.15) is 29.7 Å². The molecule has 50 heavy (non-hydrogen) atoms. The van der Waals surface area contributed by atoms with Crippen molar-refractivity contribution in [3.8, 4) is 0 Å². The number of rotatable bonds is 13. The van der Waals surface area contributed by atoms with Crippen molar-refractivity contribution in [1.29, 1.82) is 0 Å². The van der Waals surface area contributed by atoms with E-state index >= 15 is 0 Å². The third-order valence-corrected chi connectivity index (χ3v) is 9.95. The Morgan fingerprint density at radius 3 is 2.60 bits per heavy atom. The first-order chi connectivity index (χ1) is 23.4. The van der Waals surface area contributed by atoms with Crippen LogP contribution in [0.4, 0.5) is 4.39 Å². The molecule has 3 rings (SSSR count). The number of hydrogen-bond acceptors (Lipinski definition) is 10. The van der Waals surface area contributed by atoms with Crippen LogP contribution in [0.1, 0.15) is 79.7 Å². The highest BCUT2D eigenvalue weighted by atomic mass is 35.5. The van der Waals surface area contributed by atoms with Gasteiger partial charge in [-0.15, -0.1) is 0 Å². The molecule has 10 nitrogen and oxygen atoms in total. The van der Waals surface area contributed by atoms with E-state index in [0.717, 1.165) is 6.42 Å². The quantitative estimate of drug-likeness (QED) is 0.0909. The molecule has 1 saturated heterocycles. The number of hydrogen-bond donors (Lipinski definition) is 4. The van der Waals surface area contributed by atoms with Gasteiger partial charge in [-0.3, -0.25) is 9.59 Å². The average molecular weight is 724 g/mol. The molecule has 1 aromatic carbocycles. The summed E-state index contributed by atoms with van der Waals surface area (Å²) in [5, 5.41) is 37.0. The first-order valence-corrected chi connectivity index (χ1v) is 17.7. The molecular weight excluding hydrogens is 669 g/mol. The number of epoxide rings is 1. The summed E-state index contributed by atoms with van der Waals surface area (Å²) in [5.41, 5.74) is -1.93. The number of carbonyl (C=O) groups is 2. The predicted molar refractivity (Wildman–Crippen MR) is 189 cm³/mol. The van der Waals surface area contributed by atoms with E-state index in [1.54, 1.807) is 63.5 Å². The van der Waals surface area contributed by atoms with Gasteiger partial charge in [0.05, 0.1) is 36.4 Å². The maximum absolute atomic E-state index is 14.7. The number of aliphatic hydroxyl groups is 3. The van der Waals surface area contributed by atoms with E-state index in [1.807, 2.05) is 20.8 Å². The zero-order chi connectivity index (χ0) is 37.4. The molecule has 0 spiro atoms. The van der Waals surface area contributed by atoms with Gasteiger partial charge < -0.3 is 39.6 Å². The molecule has 0 bridgehead atoms. The second-order valence-electron chi connectivity index (χ2n) is 14.1. The van der Waals surface area contributed by atoms with Crippen molar-refractivity contribution in [1.82, 2.24) is 5.32 Å². The fourth-order valence-electron chi connectivity index (χ4n) is 6.56. The normalized spacial score (nSPS) is 31.8. The number of allylic oxidation sites excluding steroid dienone is 2. The molecule has 0 aromatic heterocycles. The zero-order valence-electron chi connectivity index (χ0n) is 30.4. The van der Waals surface area contributed by atoms with E-state index < -0.39 is 59.2 Å². The minimum absolute atomic E-state index is 0.0355. The number of halogens is 2. The van der Waals surface area contributed by atoms with Gasteiger partial charge >= 0.3 is 11.9 Å². The largest absolute Gasteiger partial charge is 0.457 e. The summed E-state index contributed by atoms with van der Waals surface area (Å²) < 4.78 is 37.7. The summed E-state index contributed by atoms with van der Waals surface area (Å²) in [6, 6.07) is 3.81. The van der Waals surface area contributed by atoms with Gasteiger partial charge in [0.25, 0.3) is 0 Å². The minimum atomic E-state index is -1.48. The zero-order valence-corrected chi connectivity index (χ0v) is 31.2. The van der Waals surface area contributed by atoms with Crippen LogP contribution in [0.15, 0.2) is 54.2 Å². The fraction of sp³-hybridized carbons (Fsp3) is 0.632. The highest BCUT2D eigenvalue weighted by Gasteiger charge is 2.54. The maximum Gasteiger partial charge on any atom is 0.309 e. The number of ether oxygens (including phenoxy) is 4. The number of aliphatic hydroxyl groups excluding tert-OH is 1.